The maximum absolute atomic E-state index is 10.8. The standard InChI is InChI=1S/C15H20O3/c16-15(7-3-1-2-4-8-15)12-5-6-13-14(11-12)18-10-9-17-13/h5-6,11,16H,1-4,7-10H2. The van der Waals surface area contributed by atoms with E-state index >= 15 is 0 Å². The van der Waals surface area contributed by atoms with Gasteiger partial charge in [-0.05, 0) is 30.5 Å². The Kier molecular flexibility index (Phi) is 3.16. The maximum atomic E-state index is 10.8. The van der Waals surface area contributed by atoms with Crippen LogP contribution in [0, 0.1) is 0 Å². The number of rotatable bonds is 1. The highest BCUT2D eigenvalue weighted by Gasteiger charge is 2.31. The van der Waals surface area contributed by atoms with Crippen LogP contribution in [0.15, 0.2) is 18.2 Å². The van der Waals surface area contributed by atoms with Crippen LogP contribution < -0.4 is 9.47 Å². The molecular weight excluding hydrogens is 228 g/mol. The van der Waals surface area contributed by atoms with Gasteiger partial charge in [-0.15, -0.1) is 0 Å². The van der Waals surface area contributed by atoms with Gasteiger partial charge in [-0.25, -0.2) is 0 Å². The first kappa shape index (κ1) is 11.8. The van der Waals surface area contributed by atoms with E-state index in [0.717, 1.165) is 42.7 Å². The number of aliphatic hydroxyl groups is 1. The van der Waals surface area contributed by atoms with Crippen LogP contribution in [-0.4, -0.2) is 18.3 Å². The van der Waals surface area contributed by atoms with Crippen molar-refractivity contribution in [3.63, 3.8) is 0 Å². The normalized spacial score (nSPS) is 22.3. The molecule has 1 N–H and O–H groups in total. The van der Waals surface area contributed by atoms with Gasteiger partial charge >= 0.3 is 0 Å². The van der Waals surface area contributed by atoms with Crippen molar-refractivity contribution in [2.24, 2.45) is 0 Å². The fraction of sp³-hybridized carbons (Fsp3) is 0.600. The average molecular weight is 248 g/mol. The molecule has 0 unspecified atom stereocenters. The molecule has 0 atom stereocenters. The Labute approximate surface area is 108 Å². The number of ether oxygens (including phenoxy) is 2. The van der Waals surface area contributed by atoms with Crippen LogP contribution in [0.2, 0.25) is 0 Å². The van der Waals surface area contributed by atoms with Gasteiger partial charge in [0.1, 0.15) is 13.2 Å². The molecule has 3 heteroatoms. The molecule has 1 heterocycles. The highest BCUT2D eigenvalue weighted by atomic mass is 16.6. The fourth-order valence-electron chi connectivity index (χ4n) is 2.93. The van der Waals surface area contributed by atoms with Crippen LogP contribution in [0.1, 0.15) is 44.1 Å². The second-order valence-electron chi connectivity index (χ2n) is 5.30. The minimum Gasteiger partial charge on any atom is -0.486 e. The Hall–Kier alpha value is -1.22. The molecule has 0 spiro atoms. The van der Waals surface area contributed by atoms with Crippen molar-refractivity contribution in [3.05, 3.63) is 23.8 Å². The average Bonchev–Trinajstić information content (AvgIpc) is 2.64. The third kappa shape index (κ3) is 2.19. The lowest BCUT2D eigenvalue weighted by atomic mass is 9.86. The van der Waals surface area contributed by atoms with E-state index in [1.54, 1.807) is 0 Å². The minimum absolute atomic E-state index is 0.592. The molecule has 98 valence electrons. The lowest BCUT2D eigenvalue weighted by molar-refractivity contribution is 0.0202. The van der Waals surface area contributed by atoms with Crippen molar-refractivity contribution in [1.82, 2.24) is 0 Å². The Balaban J connectivity index is 1.90. The van der Waals surface area contributed by atoms with Gasteiger partial charge in [-0.1, -0.05) is 31.7 Å². The Morgan fingerprint density at radius 3 is 2.28 bits per heavy atom. The summed E-state index contributed by atoms with van der Waals surface area (Å²) in [6, 6.07) is 5.87. The zero-order chi connectivity index (χ0) is 12.4. The second-order valence-corrected chi connectivity index (χ2v) is 5.30. The first-order chi connectivity index (χ1) is 8.78. The summed E-state index contributed by atoms with van der Waals surface area (Å²) in [5, 5.41) is 10.8. The summed E-state index contributed by atoms with van der Waals surface area (Å²) >= 11 is 0. The molecule has 3 nitrogen and oxygen atoms in total. The van der Waals surface area contributed by atoms with Crippen LogP contribution in [0.25, 0.3) is 0 Å². The van der Waals surface area contributed by atoms with Crippen LogP contribution >= 0.6 is 0 Å². The highest BCUT2D eigenvalue weighted by molar-refractivity contribution is 5.45. The topological polar surface area (TPSA) is 38.7 Å². The molecule has 0 aromatic heterocycles. The molecule has 0 radical (unpaired) electrons. The van der Waals surface area contributed by atoms with E-state index in [1.807, 2.05) is 18.2 Å². The van der Waals surface area contributed by atoms with Gasteiger partial charge < -0.3 is 14.6 Å². The highest BCUT2D eigenvalue weighted by Crippen LogP contribution is 2.40. The van der Waals surface area contributed by atoms with Crippen molar-refractivity contribution in [2.75, 3.05) is 13.2 Å². The largest absolute Gasteiger partial charge is 0.486 e. The summed E-state index contributed by atoms with van der Waals surface area (Å²) in [6.07, 6.45) is 6.37. The smallest absolute Gasteiger partial charge is 0.161 e. The van der Waals surface area contributed by atoms with E-state index in [0.29, 0.717) is 13.2 Å². The maximum Gasteiger partial charge on any atom is 0.161 e. The Morgan fingerprint density at radius 1 is 0.889 bits per heavy atom. The molecule has 1 aromatic rings. The summed E-state index contributed by atoms with van der Waals surface area (Å²) in [5.41, 5.74) is 0.306. The summed E-state index contributed by atoms with van der Waals surface area (Å²) in [5.74, 6) is 1.57. The van der Waals surface area contributed by atoms with Gasteiger partial charge in [0.2, 0.25) is 0 Å². The monoisotopic (exact) mass is 248 g/mol. The van der Waals surface area contributed by atoms with Crippen molar-refractivity contribution in [1.29, 1.82) is 0 Å². The van der Waals surface area contributed by atoms with E-state index < -0.39 is 5.60 Å². The third-order valence-corrected chi connectivity index (χ3v) is 4.01. The van der Waals surface area contributed by atoms with Crippen molar-refractivity contribution >= 4 is 0 Å². The molecule has 18 heavy (non-hydrogen) atoms. The molecule has 1 aliphatic carbocycles. The van der Waals surface area contributed by atoms with Gasteiger partial charge in [-0.2, -0.15) is 0 Å². The molecule has 0 amide bonds. The van der Waals surface area contributed by atoms with Crippen LogP contribution in [0.3, 0.4) is 0 Å². The van der Waals surface area contributed by atoms with Gasteiger partial charge in [0.05, 0.1) is 5.60 Å². The lowest BCUT2D eigenvalue weighted by Crippen LogP contribution is -2.25. The van der Waals surface area contributed by atoms with Crippen molar-refractivity contribution < 1.29 is 14.6 Å². The predicted octanol–water partition coefficient (Wildman–Crippen LogP) is 3.00. The quantitative estimate of drug-likeness (QED) is 0.776. The van der Waals surface area contributed by atoms with Crippen LogP contribution in [-0.2, 0) is 5.60 Å². The Morgan fingerprint density at radius 2 is 1.56 bits per heavy atom. The van der Waals surface area contributed by atoms with E-state index in [1.165, 1.54) is 12.8 Å². The van der Waals surface area contributed by atoms with E-state index in [2.05, 4.69) is 0 Å². The Bertz CT molecular complexity index is 420. The summed E-state index contributed by atoms with van der Waals surface area (Å²) in [7, 11) is 0. The van der Waals surface area contributed by atoms with Crippen molar-refractivity contribution in [2.45, 2.75) is 44.1 Å². The molecule has 1 aromatic carbocycles. The van der Waals surface area contributed by atoms with E-state index in [-0.39, 0.29) is 0 Å². The minimum atomic E-state index is -0.674. The first-order valence-electron chi connectivity index (χ1n) is 6.90. The molecule has 1 aliphatic heterocycles. The number of hydrogen-bond donors (Lipinski definition) is 1. The van der Waals surface area contributed by atoms with Crippen LogP contribution in [0.4, 0.5) is 0 Å². The van der Waals surface area contributed by atoms with Gasteiger partial charge in [0, 0.05) is 0 Å². The van der Waals surface area contributed by atoms with Gasteiger partial charge in [0.15, 0.2) is 11.5 Å². The number of fused-ring (bicyclic) bond motifs is 1. The number of benzene rings is 1. The lowest BCUT2D eigenvalue weighted by Gasteiger charge is -2.29. The zero-order valence-electron chi connectivity index (χ0n) is 10.7. The molecule has 0 bridgehead atoms. The first-order valence-corrected chi connectivity index (χ1v) is 6.90. The van der Waals surface area contributed by atoms with Crippen LogP contribution in [0.5, 0.6) is 11.5 Å². The predicted molar refractivity (Wildman–Crippen MR) is 69.0 cm³/mol. The second kappa shape index (κ2) is 4.81. The molecule has 3 rings (SSSR count). The van der Waals surface area contributed by atoms with Crippen molar-refractivity contribution in [3.8, 4) is 11.5 Å². The van der Waals surface area contributed by atoms with E-state index in [9.17, 15) is 5.11 Å². The fourth-order valence-corrected chi connectivity index (χ4v) is 2.93. The summed E-state index contributed by atoms with van der Waals surface area (Å²) in [6.45, 7) is 1.20. The number of hydrogen-bond acceptors (Lipinski definition) is 3. The van der Waals surface area contributed by atoms with Gasteiger partial charge in [-0.3, -0.25) is 0 Å². The van der Waals surface area contributed by atoms with E-state index in [4.69, 9.17) is 9.47 Å². The molecule has 1 fully saturated rings. The molecule has 2 aliphatic rings. The zero-order valence-corrected chi connectivity index (χ0v) is 10.7. The SMILES string of the molecule is OC1(c2ccc3c(c2)OCCO3)CCCCCC1. The molecule has 0 saturated heterocycles. The summed E-state index contributed by atoms with van der Waals surface area (Å²) < 4.78 is 11.1. The molecular formula is C15H20O3. The third-order valence-electron chi connectivity index (χ3n) is 4.01. The van der Waals surface area contributed by atoms with Gasteiger partial charge in [0.25, 0.3) is 0 Å². The summed E-state index contributed by atoms with van der Waals surface area (Å²) in [4.78, 5) is 0. The molecule has 1 saturated carbocycles.